The van der Waals surface area contributed by atoms with E-state index in [2.05, 4.69) is 49.4 Å². The molecule has 0 aliphatic carbocycles. The molecule has 3 heteroatoms. The van der Waals surface area contributed by atoms with Gasteiger partial charge in [0.25, 0.3) is 0 Å². The van der Waals surface area contributed by atoms with Crippen LogP contribution in [-0.2, 0) is 6.42 Å². The van der Waals surface area contributed by atoms with Crippen LogP contribution in [0.25, 0.3) is 0 Å². The van der Waals surface area contributed by atoms with Gasteiger partial charge >= 0.3 is 0 Å². The van der Waals surface area contributed by atoms with E-state index in [0.717, 1.165) is 25.1 Å². The number of rotatable bonds is 6. The van der Waals surface area contributed by atoms with E-state index in [-0.39, 0.29) is 12.4 Å². The molecule has 0 N–H and O–H groups in total. The van der Waals surface area contributed by atoms with Gasteiger partial charge < -0.3 is 4.84 Å². The first kappa shape index (κ1) is 16.5. The lowest BCUT2D eigenvalue weighted by Crippen LogP contribution is -2.24. The van der Waals surface area contributed by atoms with Gasteiger partial charge in [0.2, 0.25) is 0 Å². The van der Waals surface area contributed by atoms with Gasteiger partial charge in [0, 0.05) is 13.6 Å². The van der Waals surface area contributed by atoms with E-state index in [0.29, 0.717) is 0 Å². The Labute approximate surface area is 127 Å². The van der Waals surface area contributed by atoms with Crippen molar-refractivity contribution >= 4 is 12.4 Å². The van der Waals surface area contributed by atoms with Gasteiger partial charge in [-0.15, -0.1) is 17.5 Å². The molecule has 0 radical (unpaired) electrons. The van der Waals surface area contributed by atoms with E-state index >= 15 is 0 Å². The normalized spacial score (nSPS) is 10.2. The Balaban J connectivity index is 0.00000200. The molecule has 2 nitrogen and oxygen atoms in total. The predicted molar refractivity (Wildman–Crippen MR) is 86.4 cm³/mol. The predicted octanol–water partition coefficient (Wildman–Crippen LogP) is 4.28. The topological polar surface area (TPSA) is 12.5 Å². The van der Waals surface area contributed by atoms with Crippen molar-refractivity contribution in [3.8, 4) is 5.75 Å². The SMILES string of the molecule is Cc1ccc(ON(C)CCCc2ccccc2)cc1.Cl. The second-order valence-corrected chi connectivity index (χ2v) is 4.84. The summed E-state index contributed by atoms with van der Waals surface area (Å²) >= 11 is 0. The Kier molecular flexibility index (Phi) is 7.13. The van der Waals surface area contributed by atoms with Gasteiger partial charge in [0.05, 0.1) is 0 Å². The Morgan fingerprint density at radius 1 is 0.950 bits per heavy atom. The van der Waals surface area contributed by atoms with Crippen LogP contribution in [0.2, 0.25) is 0 Å². The van der Waals surface area contributed by atoms with Gasteiger partial charge in [-0.3, -0.25) is 0 Å². The summed E-state index contributed by atoms with van der Waals surface area (Å²) in [5.41, 5.74) is 2.63. The van der Waals surface area contributed by atoms with Gasteiger partial charge in [0.15, 0.2) is 0 Å². The summed E-state index contributed by atoms with van der Waals surface area (Å²) in [4.78, 5) is 5.74. The second kappa shape index (κ2) is 8.62. The van der Waals surface area contributed by atoms with Gasteiger partial charge in [0.1, 0.15) is 5.75 Å². The summed E-state index contributed by atoms with van der Waals surface area (Å²) < 4.78 is 0. The minimum atomic E-state index is 0. The van der Waals surface area contributed by atoms with Gasteiger partial charge in [-0.1, -0.05) is 48.0 Å². The molecule has 108 valence electrons. The molecule has 0 atom stereocenters. The maximum atomic E-state index is 5.74. The van der Waals surface area contributed by atoms with Crippen molar-refractivity contribution in [3.05, 3.63) is 65.7 Å². The molecular formula is C17H22ClNO. The molecule has 0 saturated heterocycles. The number of hydrogen-bond donors (Lipinski definition) is 0. The van der Waals surface area contributed by atoms with Crippen molar-refractivity contribution in [1.82, 2.24) is 5.06 Å². The molecule has 0 heterocycles. The molecule has 0 unspecified atom stereocenters. The van der Waals surface area contributed by atoms with Crippen molar-refractivity contribution in [2.75, 3.05) is 13.6 Å². The number of nitrogens with zero attached hydrogens (tertiary/aromatic N) is 1. The van der Waals surface area contributed by atoms with Crippen LogP contribution >= 0.6 is 12.4 Å². The average molecular weight is 292 g/mol. The number of halogens is 1. The van der Waals surface area contributed by atoms with Crippen molar-refractivity contribution in [2.45, 2.75) is 19.8 Å². The molecule has 2 aromatic carbocycles. The Morgan fingerprint density at radius 3 is 2.25 bits per heavy atom. The molecule has 0 amide bonds. The molecule has 2 rings (SSSR count). The van der Waals surface area contributed by atoms with Crippen LogP contribution < -0.4 is 4.84 Å². The molecule has 0 aliphatic heterocycles. The van der Waals surface area contributed by atoms with Crippen LogP contribution in [0, 0.1) is 6.92 Å². The first-order valence-electron chi connectivity index (χ1n) is 6.74. The zero-order valence-corrected chi connectivity index (χ0v) is 12.9. The standard InChI is InChI=1S/C17H21NO.ClH/c1-15-10-12-17(13-11-15)19-18(2)14-6-9-16-7-4-3-5-8-16;/h3-5,7-8,10-13H,6,9,14H2,1-2H3;1H. The van der Waals surface area contributed by atoms with Gasteiger partial charge in [-0.2, -0.15) is 0 Å². The van der Waals surface area contributed by atoms with E-state index in [9.17, 15) is 0 Å². The molecule has 0 aromatic heterocycles. The third kappa shape index (κ3) is 5.64. The van der Waals surface area contributed by atoms with Crippen molar-refractivity contribution in [2.24, 2.45) is 0 Å². The van der Waals surface area contributed by atoms with Crippen molar-refractivity contribution in [3.63, 3.8) is 0 Å². The van der Waals surface area contributed by atoms with Crippen LogP contribution in [0.1, 0.15) is 17.5 Å². The molecule has 0 aliphatic rings. The van der Waals surface area contributed by atoms with E-state index in [1.165, 1.54) is 11.1 Å². The van der Waals surface area contributed by atoms with Crippen LogP contribution in [-0.4, -0.2) is 18.7 Å². The van der Waals surface area contributed by atoms with Crippen molar-refractivity contribution in [1.29, 1.82) is 0 Å². The third-order valence-corrected chi connectivity index (χ3v) is 3.06. The van der Waals surface area contributed by atoms with Gasteiger partial charge in [-0.25, -0.2) is 0 Å². The van der Waals surface area contributed by atoms with Crippen LogP contribution in [0.15, 0.2) is 54.6 Å². The van der Waals surface area contributed by atoms with Crippen LogP contribution in [0.4, 0.5) is 0 Å². The quantitative estimate of drug-likeness (QED) is 0.737. The van der Waals surface area contributed by atoms with E-state index < -0.39 is 0 Å². The minimum absolute atomic E-state index is 0. The minimum Gasteiger partial charge on any atom is -0.406 e. The highest BCUT2D eigenvalue weighted by Crippen LogP contribution is 2.12. The third-order valence-electron chi connectivity index (χ3n) is 3.06. The Hall–Kier alpha value is -1.51. The van der Waals surface area contributed by atoms with Crippen molar-refractivity contribution < 1.29 is 4.84 Å². The smallest absolute Gasteiger partial charge is 0.147 e. The first-order valence-corrected chi connectivity index (χ1v) is 6.74. The average Bonchev–Trinajstić information content (AvgIpc) is 2.43. The highest BCUT2D eigenvalue weighted by molar-refractivity contribution is 5.85. The molecule has 0 bridgehead atoms. The zero-order valence-electron chi connectivity index (χ0n) is 12.1. The fourth-order valence-electron chi connectivity index (χ4n) is 1.98. The molecule has 20 heavy (non-hydrogen) atoms. The summed E-state index contributed by atoms with van der Waals surface area (Å²) in [6.45, 7) is 3.00. The Bertz CT molecular complexity index is 484. The van der Waals surface area contributed by atoms with E-state index in [4.69, 9.17) is 4.84 Å². The monoisotopic (exact) mass is 291 g/mol. The van der Waals surface area contributed by atoms with Crippen LogP contribution in [0.5, 0.6) is 5.75 Å². The van der Waals surface area contributed by atoms with Gasteiger partial charge in [-0.05, 0) is 37.5 Å². The largest absolute Gasteiger partial charge is 0.406 e. The zero-order chi connectivity index (χ0) is 13.5. The maximum absolute atomic E-state index is 5.74. The Morgan fingerprint density at radius 2 is 1.60 bits per heavy atom. The maximum Gasteiger partial charge on any atom is 0.147 e. The number of hydrogen-bond acceptors (Lipinski definition) is 2. The lowest BCUT2D eigenvalue weighted by atomic mass is 10.1. The number of aryl methyl sites for hydroxylation is 2. The summed E-state index contributed by atoms with van der Waals surface area (Å²) in [6, 6.07) is 18.7. The highest BCUT2D eigenvalue weighted by Gasteiger charge is 2.01. The lowest BCUT2D eigenvalue weighted by molar-refractivity contribution is -0.0322. The summed E-state index contributed by atoms with van der Waals surface area (Å²) in [6.07, 6.45) is 2.18. The second-order valence-electron chi connectivity index (χ2n) is 4.84. The summed E-state index contributed by atoms with van der Waals surface area (Å²) in [7, 11) is 1.98. The molecule has 0 saturated carbocycles. The number of benzene rings is 2. The first-order chi connectivity index (χ1) is 9.24. The van der Waals surface area contributed by atoms with E-state index in [1.807, 2.05) is 24.2 Å². The van der Waals surface area contributed by atoms with E-state index in [1.54, 1.807) is 0 Å². The molecule has 0 fully saturated rings. The van der Waals surface area contributed by atoms with Crippen LogP contribution in [0.3, 0.4) is 0 Å². The summed E-state index contributed by atoms with van der Waals surface area (Å²) in [5, 5.41) is 1.90. The lowest BCUT2D eigenvalue weighted by Gasteiger charge is -2.17. The highest BCUT2D eigenvalue weighted by atomic mass is 35.5. The molecule has 2 aromatic rings. The molecule has 0 spiro atoms. The summed E-state index contributed by atoms with van der Waals surface area (Å²) in [5.74, 6) is 0.896. The fourth-order valence-corrected chi connectivity index (χ4v) is 1.98. The number of hydroxylamine groups is 2. The fraction of sp³-hybridized carbons (Fsp3) is 0.294. The molecular weight excluding hydrogens is 270 g/mol.